The summed E-state index contributed by atoms with van der Waals surface area (Å²) < 4.78 is 29.2. The van der Waals surface area contributed by atoms with Gasteiger partial charge >= 0.3 is 0 Å². The van der Waals surface area contributed by atoms with Crippen molar-refractivity contribution in [2.24, 2.45) is 0 Å². The summed E-state index contributed by atoms with van der Waals surface area (Å²) in [4.78, 5) is 0.0771. The Morgan fingerprint density at radius 2 is 2.20 bits per heavy atom. The first kappa shape index (κ1) is 15.0. The van der Waals surface area contributed by atoms with E-state index in [0.717, 1.165) is 0 Å². The maximum Gasteiger partial charge on any atom is 0.263 e. The zero-order valence-corrected chi connectivity index (χ0v) is 13.1. The van der Waals surface area contributed by atoms with Gasteiger partial charge < -0.3 is 5.11 Å². The molecule has 6 nitrogen and oxygen atoms in total. The summed E-state index contributed by atoms with van der Waals surface area (Å²) in [5, 5.41) is 13.1. The van der Waals surface area contributed by atoms with E-state index in [0.29, 0.717) is 22.3 Å². The molecule has 2 N–H and O–H groups in total. The van der Waals surface area contributed by atoms with Gasteiger partial charge in [-0.1, -0.05) is 6.07 Å². The van der Waals surface area contributed by atoms with Crippen molar-refractivity contribution in [2.75, 3.05) is 4.72 Å². The summed E-state index contributed by atoms with van der Waals surface area (Å²) in [6.45, 7) is 2.35. The molecule has 0 saturated carbocycles. The van der Waals surface area contributed by atoms with Gasteiger partial charge in [-0.3, -0.25) is 9.40 Å². The Bertz CT molecular complexity index is 712. The fourth-order valence-corrected chi connectivity index (χ4v) is 3.69. The van der Waals surface area contributed by atoms with Crippen LogP contribution in [0.15, 0.2) is 40.0 Å². The van der Waals surface area contributed by atoms with E-state index in [1.807, 2.05) is 6.92 Å². The molecule has 0 amide bonds. The van der Waals surface area contributed by atoms with E-state index >= 15 is 0 Å². The molecule has 0 saturated heterocycles. The van der Waals surface area contributed by atoms with Gasteiger partial charge in [0, 0.05) is 17.2 Å². The number of nitrogens with zero attached hydrogens (tertiary/aromatic N) is 2. The third-order valence-electron chi connectivity index (χ3n) is 2.68. The van der Waals surface area contributed by atoms with Crippen LogP contribution in [-0.2, 0) is 23.2 Å². The molecule has 1 aromatic heterocycles. The van der Waals surface area contributed by atoms with Crippen molar-refractivity contribution in [1.82, 2.24) is 9.78 Å². The minimum atomic E-state index is -3.73. The standard InChI is InChI=1S/C12H14BrN3O3S/c1-2-16-7-10(6-14-16)15-20(18,19)12-5-9(8-17)3-4-11(12)13/h3-7,15,17H,2,8H2,1H3. The molecule has 0 atom stereocenters. The smallest absolute Gasteiger partial charge is 0.263 e. The van der Waals surface area contributed by atoms with Gasteiger partial charge in [-0.2, -0.15) is 5.10 Å². The Kier molecular flexibility index (Phi) is 4.46. The maximum absolute atomic E-state index is 12.3. The highest BCUT2D eigenvalue weighted by Gasteiger charge is 2.19. The number of hydrogen-bond acceptors (Lipinski definition) is 4. The SMILES string of the molecule is CCn1cc(NS(=O)(=O)c2cc(CO)ccc2Br)cn1. The summed E-state index contributed by atoms with van der Waals surface area (Å²) in [5.74, 6) is 0. The Morgan fingerprint density at radius 1 is 1.45 bits per heavy atom. The lowest BCUT2D eigenvalue weighted by atomic mass is 10.2. The molecule has 8 heteroatoms. The van der Waals surface area contributed by atoms with Crippen molar-refractivity contribution in [3.05, 3.63) is 40.6 Å². The monoisotopic (exact) mass is 359 g/mol. The number of rotatable bonds is 5. The fraction of sp³-hybridized carbons (Fsp3) is 0.250. The van der Waals surface area contributed by atoms with Crippen LogP contribution in [0.1, 0.15) is 12.5 Å². The van der Waals surface area contributed by atoms with Gasteiger partial charge in [0.05, 0.1) is 18.5 Å². The summed E-state index contributed by atoms with van der Waals surface area (Å²) in [5.41, 5.74) is 0.922. The molecule has 1 aromatic carbocycles. The fourth-order valence-electron chi connectivity index (χ4n) is 1.65. The molecule has 0 fully saturated rings. The molecular weight excluding hydrogens is 346 g/mol. The Labute approximate surface area is 125 Å². The second-order valence-corrected chi connectivity index (χ2v) is 6.62. The number of nitrogens with one attached hydrogen (secondary N) is 1. The lowest BCUT2D eigenvalue weighted by molar-refractivity contribution is 0.281. The van der Waals surface area contributed by atoms with E-state index in [9.17, 15) is 8.42 Å². The van der Waals surface area contributed by atoms with E-state index in [1.165, 1.54) is 12.3 Å². The second kappa shape index (κ2) is 5.94. The molecule has 0 aliphatic rings. The molecule has 1 heterocycles. The van der Waals surface area contributed by atoms with E-state index in [-0.39, 0.29) is 11.5 Å². The molecule has 2 aromatic rings. The van der Waals surface area contributed by atoms with Crippen LogP contribution in [-0.4, -0.2) is 23.3 Å². The van der Waals surface area contributed by atoms with Gasteiger partial charge in [0.1, 0.15) is 4.90 Å². The number of aliphatic hydroxyl groups excluding tert-OH is 1. The minimum absolute atomic E-state index is 0.0771. The van der Waals surface area contributed by atoms with Crippen molar-refractivity contribution in [1.29, 1.82) is 0 Å². The third-order valence-corrected chi connectivity index (χ3v) is 5.05. The quantitative estimate of drug-likeness (QED) is 0.854. The Hall–Kier alpha value is -1.38. The van der Waals surface area contributed by atoms with Gasteiger partial charge in [0.25, 0.3) is 10.0 Å². The molecule has 2 rings (SSSR count). The molecule has 0 spiro atoms. The van der Waals surface area contributed by atoms with Gasteiger partial charge in [0.2, 0.25) is 0 Å². The average molecular weight is 360 g/mol. The maximum atomic E-state index is 12.3. The van der Waals surface area contributed by atoms with Crippen LogP contribution in [0.3, 0.4) is 0 Å². The summed E-state index contributed by atoms with van der Waals surface area (Å²) in [6.07, 6.45) is 3.06. The van der Waals surface area contributed by atoms with E-state index < -0.39 is 10.0 Å². The largest absolute Gasteiger partial charge is 0.392 e. The number of aryl methyl sites for hydroxylation is 1. The lowest BCUT2D eigenvalue weighted by Crippen LogP contribution is -2.13. The van der Waals surface area contributed by atoms with Gasteiger partial charge in [-0.25, -0.2) is 8.42 Å². The highest BCUT2D eigenvalue weighted by Crippen LogP contribution is 2.25. The van der Waals surface area contributed by atoms with Crippen LogP contribution < -0.4 is 4.72 Å². The predicted octanol–water partition coefficient (Wildman–Crippen LogP) is 1.96. The minimum Gasteiger partial charge on any atom is -0.392 e. The first-order chi connectivity index (χ1) is 9.46. The molecule has 0 aliphatic heterocycles. The average Bonchev–Trinajstić information content (AvgIpc) is 2.86. The van der Waals surface area contributed by atoms with Crippen LogP contribution in [0.25, 0.3) is 0 Å². The molecule has 0 bridgehead atoms. The second-order valence-electron chi connectivity index (χ2n) is 4.11. The Morgan fingerprint density at radius 3 is 2.80 bits per heavy atom. The zero-order valence-electron chi connectivity index (χ0n) is 10.7. The van der Waals surface area contributed by atoms with Crippen LogP contribution in [0.5, 0.6) is 0 Å². The van der Waals surface area contributed by atoms with Crippen LogP contribution in [0.2, 0.25) is 0 Å². The van der Waals surface area contributed by atoms with Crippen molar-refractivity contribution >= 4 is 31.6 Å². The summed E-state index contributed by atoms with van der Waals surface area (Å²) in [7, 11) is -3.73. The topological polar surface area (TPSA) is 84.2 Å². The zero-order chi connectivity index (χ0) is 14.8. The van der Waals surface area contributed by atoms with E-state index in [4.69, 9.17) is 5.11 Å². The van der Waals surface area contributed by atoms with Crippen molar-refractivity contribution in [3.63, 3.8) is 0 Å². The van der Waals surface area contributed by atoms with Gasteiger partial charge in [-0.15, -0.1) is 0 Å². The summed E-state index contributed by atoms with van der Waals surface area (Å²) >= 11 is 3.21. The number of aliphatic hydroxyl groups is 1. The van der Waals surface area contributed by atoms with E-state index in [2.05, 4.69) is 25.8 Å². The number of hydrogen-bond donors (Lipinski definition) is 2. The summed E-state index contributed by atoms with van der Waals surface area (Å²) in [6, 6.07) is 4.67. The van der Waals surface area contributed by atoms with Gasteiger partial charge in [-0.05, 0) is 40.5 Å². The number of sulfonamides is 1. The van der Waals surface area contributed by atoms with Crippen LogP contribution in [0, 0.1) is 0 Å². The third kappa shape index (κ3) is 3.20. The molecule has 108 valence electrons. The number of anilines is 1. The molecule has 0 aliphatic carbocycles. The highest BCUT2D eigenvalue weighted by atomic mass is 79.9. The Balaban J connectivity index is 2.34. The van der Waals surface area contributed by atoms with Crippen LogP contribution >= 0.6 is 15.9 Å². The molecular formula is C12H14BrN3O3S. The first-order valence-corrected chi connectivity index (χ1v) is 8.18. The lowest BCUT2D eigenvalue weighted by Gasteiger charge is -2.09. The number of halogens is 1. The molecule has 20 heavy (non-hydrogen) atoms. The van der Waals surface area contributed by atoms with Gasteiger partial charge in [0.15, 0.2) is 0 Å². The number of aromatic nitrogens is 2. The molecule has 0 unspecified atom stereocenters. The predicted molar refractivity (Wildman–Crippen MR) is 78.8 cm³/mol. The van der Waals surface area contributed by atoms with Crippen molar-refractivity contribution < 1.29 is 13.5 Å². The van der Waals surface area contributed by atoms with Crippen molar-refractivity contribution in [2.45, 2.75) is 25.0 Å². The van der Waals surface area contributed by atoms with Crippen molar-refractivity contribution in [3.8, 4) is 0 Å². The molecule has 0 radical (unpaired) electrons. The normalized spacial score (nSPS) is 11.6. The highest BCUT2D eigenvalue weighted by molar-refractivity contribution is 9.10. The van der Waals surface area contributed by atoms with E-state index in [1.54, 1.807) is 23.0 Å². The van der Waals surface area contributed by atoms with Crippen LogP contribution in [0.4, 0.5) is 5.69 Å². The first-order valence-electron chi connectivity index (χ1n) is 5.91. The number of benzene rings is 1.